The van der Waals surface area contributed by atoms with Gasteiger partial charge in [-0.3, -0.25) is 4.79 Å². The molecular formula is C23H20BrNO3S. The summed E-state index contributed by atoms with van der Waals surface area (Å²) in [5.74, 6) is -0.498. The van der Waals surface area contributed by atoms with Crippen molar-refractivity contribution in [1.82, 2.24) is 0 Å². The summed E-state index contributed by atoms with van der Waals surface area (Å²) in [6.07, 6.45) is 1.93. The van der Waals surface area contributed by atoms with Crippen LogP contribution >= 0.6 is 27.3 Å². The SMILES string of the molecule is CCOC(=O)c1c(C2CCc3ccccc32)csc1NC(=O)c1ccc(Br)cc1. The standard InChI is InChI=1S/C23H20BrNO3S/c1-2-28-23(27)20-19(18-12-9-14-5-3-4-6-17(14)18)13-29-22(20)25-21(26)15-7-10-16(24)11-8-15/h3-8,10-11,13,18H,2,9,12H2,1H3,(H,25,26). The lowest BCUT2D eigenvalue weighted by atomic mass is 9.92. The third-order valence-corrected chi connectivity index (χ3v) is 6.58. The number of esters is 1. The Morgan fingerprint density at radius 1 is 1.14 bits per heavy atom. The zero-order valence-corrected chi connectivity index (χ0v) is 18.3. The van der Waals surface area contributed by atoms with E-state index in [2.05, 4.69) is 33.4 Å². The molecule has 3 aromatic rings. The Kier molecular flexibility index (Phi) is 5.83. The van der Waals surface area contributed by atoms with Crippen LogP contribution in [0.1, 0.15) is 56.7 Å². The topological polar surface area (TPSA) is 55.4 Å². The van der Waals surface area contributed by atoms with Gasteiger partial charge in [0.1, 0.15) is 5.00 Å². The Balaban J connectivity index is 1.69. The van der Waals surface area contributed by atoms with Crippen molar-refractivity contribution in [3.8, 4) is 0 Å². The molecule has 1 aliphatic rings. The number of aryl methyl sites for hydroxylation is 1. The van der Waals surface area contributed by atoms with Gasteiger partial charge in [-0.05, 0) is 66.1 Å². The fraction of sp³-hybridized carbons (Fsp3) is 0.217. The van der Waals surface area contributed by atoms with Gasteiger partial charge in [-0.15, -0.1) is 11.3 Å². The zero-order chi connectivity index (χ0) is 20.4. The molecule has 0 spiro atoms. The van der Waals surface area contributed by atoms with E-state index in [1.54, 1.807) is 19.1 Å². The summed E-state index contributed by atoms with van der Waals surface area (Å²) in [6.45, 7) is 2.07. The number of anilines is 1. The molecule has 0 saturated heterocycles. The Morgan fingerprint density at radius 3 is 2.66 bits per heavy atom. The quantitative estimate of drug-likeness (QED) is 0.464. The maximum absolute atomic E-state index is 12.8. The van der Waals surface area contributed by atoms with Crippen LogP contribution in [0.4, 0.5) is 5.00 Å². The molecule has 148 valence electrons. The number of carbonyl (C=O) groups excluding carboxylic acids is 2. The molecule has 1 aromatic heterocycles. The van der Waals surface area contributed by atoms with Gasteiger partial charge in [-0.25, -0.2) is 4.79 Å². The highest BCUT2D eigenvalue weighted by molar-refractivity contribution is 9.10. The number of nitrogens with one attached hydrogen (secondary N) is 1. The lowest BCUT2D eigenvalue weighted by molar-refractivity contribution is 0.0526. The second-order valence-corrected chi connectivity index (χ2v) is 8.66. The Labute approximate surface area is 182 Å². The molecule has 29 heavy (non-hydrogen) atoms. The van der Waals surface area contributed by atoms with Crippen LogP contribution in [0.5, 0.6) is 0 Å². The van der Waals surface area contributed by atoms with Crippen LogP contribution in [0.25, 0.3) is 0 Å². The van der Waals surface area contributed by atoms with Gasteiger partial charge < -0.3 is 10.1 Å². The van der Waals surface area contributed by atoms with E-state index >= 15 is 0 Å². The van der Waals surface area contributed by atoms with Crippen LogP contribution in [-0.4, -0.2) is 18.5 Å². The largest absolute Gasteiger partial charge is 0.462 e. The first kappa shape index (κ1) is 19.9. The van der Waals surface area contributed by atoms with Gasteiger partial charge in [0.25, 0.3) is 5.91 Å². The van der Waals surface area contributed by atoms with Crippen LogP contribution in [-0.2, 0) is 11.2 Å². The van der Waals surface area contributed by atoms with Crippen molar-refractivity contribution in [3.63, 3.8) is 0 Å². The number of fused-ring (bicyclic) bond motifs is 1. The molecular weight excluding hydrogens is 450 g/mol. The molecule has 0 aliphatic heterocycles. The van der Waals surface area contributed by atoms with Crippen molar-refractivity contribution in [2.45, 2.75) is 25.7 Å². The van der Waals surface area contributed by atoms with Crippen LogP contribution in [0.3, 0.4) is 0 Å². The molecule has 1 atom stereocenters. The molecule has 1 heterocycles. The first-order valence-corrected chi connectivity index (χ1v) is 11.2. The molecule has 0 saturated carbocycles. The van der Waals surface area contributed by atoms with Crippen LogP contribution in [0, 0.1) is 0 Å². The van der Waals surface area contributed by atoms with Crippen LogP contribution in [0.15, 0.2) is 58.4 Å². The highest BCUT2D eigenvalue weighted by atomic mass is 79.9. The highest BCUT2D eigenvalue weighted by Crippen LogP contribution is 2.43. The molecule has 0 radical (unpaired) electrons. The molecule has 6 heteroatoms. The van der Waals surface area contributed by atoms with Gasteiger partial charge in [-0.2, -0.15) is 0 Å². The van der Waals surface area contributed by atoms with E-state index in [4.69, 9.17) is 4.74 Å². The van der Waals surface area contributed by atoms with E-state index < -0.39 is 0 Å². The molecule has 2 aromatic carbocycles. The smallest absolute Gasteiger partial charge is 0.341 e. The van der Waals surface area contributed by atoms with Gasteiger partial charge in [0, 0.05) is 16.0 Å². The third-order valence-electron chi connectivity index (χ3n) is 5.14. The Hall–Kier alpha value is -2.44. The van der Waals surface area contributed by atoms with Gasteiger partial charge in [0.2, 0.25) is 0 Å². The summed E-state index contributed by atoms with van der Waals surface area (Å²) in [5.41, 5.74) is 4.51. The van der Waals surface area contributed by atoms with Crippen LogP contribution in [0.2, 0.25) is 0 Å². The van der Waals surface area contributed by atoms with Crippen molar-refractivity contribution in [1.29, 1.82) is 0 Å². The highest BCUT2D eigenvalue weighted by Gasteiger charge is 2.31. The van der Waals surface area contributed by atoms with Gasteiger partial charge >= 0.3 is 5.97 Å². The molecule has 4 rings (SSSR count). The van der Waals surface area contributed by atoms with E-state index in [1.165, 1.54) is 22.5 Å². The van der Waals surface area contributed by atoms with E-state index in [9.17, 15) is 9.59 Å². The van der Waals surface area contributed by atoms with Crippen molar-refractivity contribution < 1.29 is 14.3 Å². The minimum Gasteiger partial charge on any atom is -0.462 e. The lowest BCUT2D eigenvalue weighted by Gasteiger charge is -2.14. The predicted molar refractivity (Wildman–Crippen MR) is 119 cm³/mol. The van der Waals surface area contributed by atoms with E-state index in [0.29, 0.717) is 16.1 Å². The average Bonchev–Trinajstić information content (AvgIpc) is 3.32. The normalized spacial score (nSPS) is 15.0. The maximum Gasteiger partial charge on any atom is 0.341 e. The Bertz CT molecular complexity index is 1060. The number of thiophene rings is 1. The molecule has 0 bridgehead atoms. The molecule has 4 nitrogen and oxygen atoms in total. The van der Waals surface area contributed by atoms with E-state index in [0.717, 1.165) is 22.9 Å². The second-order valence-electron chi connectivity index (χ2n) is 6.87. The van der Waals surface area contributed by atoms with E-state index in [-0.39, 0.29) is 24.4 Å². The first-order chi connectivity index (χ1) is 14.1. The fourth-order valence-electron chi connectivity index (χ4n) is 3.79. The molecule has 1 N–H and O–H groups in total. The summed E-state index contributed by atoms with van der Waals surface area (Å²) in [5, 5.41) is 5.44. The van der Waals surface area contributed by atoms with Crippen molar-refractivity contribution in [2.24, 2.45) is 0 Å². The number of rotatable bonds is 5. The van der Waals surface area contributed by atoms with Gasteiger partial charge in [-0.1, -0.05) is 40.2 Å². The number of hydrogen-bond acceptors (Lipinski definition) is 4. The minimum absolute atomic E-state index is 0.139. The molecule has 1 aliphatic carbocycles. The van der Waals surface area contributed by atoms with Crippen molar-refractivity contribution in [2.75, 3.05) is 11.9 Å². The predicted octanol–water partition coefficient (Wildman–Crippen LogP) is 6.02. The monoisotopic (exact) mass is 469 g/mol. The Morgan fingerprint density at radius 2 is 1.90 bits per heavy atom. The first-order valence-electron chi connectivity index (χ1n) is 9.51. The minimum atomic E-state index is -0.390. The second kappa shape index (κ2) is 8.51. The molecule has 1 amide bonds. The summed E-state index contributed by atoms with van der Waals surface area (Å²) >= 11 is 4.75. The van der Waals surface area contributed by atoms with Crippen LogP contribution < -0.4 is 5.32 Å². The van der Waals surface area contributed by atoms with E-state index in [1.807, 2.05) is 29.6 Å². The number of halogens is 1. The lowest BCUT2D eigenvalue weighted by Crippen LogP contribution is -2.16. The number of amides is 1. The maximum atomic E-state index is 12.8. The number of hydrogen-bond donors (Lipinski definition) is 1. The summed E-state index contributed by atoms with van der Waals surface area (Å²) < 4.78 is 6.23. The third kappa shape index (κ3) is 4.00. The summed E-state index contributed by atoms with van der Waals surface area (Å²) in [6, 6.07) is 15.5. The molecule has 0 fully saturated rings. The van der Waals surface area contributed by atoms with Gasteiger partial charge in [0.05, 0.1) is 12.2 Å². The zero-order valence-electron chi connectivity index (χ0n) is 15.9. The summed E-state index contributed by atoms with van der Waals surface area (Å²) in [7, 11) is 0. The van der Waals surface area contributed by atoms with Gasteiger partial charge in [0.15, 0.2) is 0 Å². The number of benzene rings is 2. The average molecular weight is 470 g/mol. The molecule has 1 unspecified atom stereocenters. The number of carbonyl (C=O) groups is 2. The van der Waals surface area contributed by atoms with Crippen molar-refractivity contribution >= 4 is 44.1 Å². The number of ether oxygens (including phenoxy) is 1. The fourth-order valence-corrected chi connectivity index (χ4v) is 5.05. The van der Waals surface area contributed by atoms with Crippen molar-refractivity contribution in [3.05, 3.63) is 86.2 Å². The summed E-state index contributed by atoms with van der Waals surface area (Å²) in [4.78, 5) is 25.5.